The van der Waals surface area contributed by atoms with Gasteiger partial charge < -0.3 is 0 Å². The third-order valence-electron chi connectivity index (χ3n) is 1.75. The number of thiocarbonyl (C=S) groups is 1. The summed E-state index contributed by atoms with van der Waals surface area (Å²) in [5.41, 5.74) is 1.01. The normalized spacial score (nSPS) is 12.5. The number of hydrogen-bond donors (Lipinski definition) is 1. The highest BCUT2D eigenvalue weighted by Gasteiger charge is 2.12. The summed E-state index contributed by atoms with van der Waals surface area (Å²) in [5.74, 6) is 0.213. The summed E-state index contributed by atoms with van der Waals surface area (Å²) >= 11 is 9.20. The Hall–Kier alpha value is -0.410. The second kappa shape index (κ2) is 4.58. The lowest BCUT2D eigenvalue weighted by molar-refractivity contribution is 0.829. The van der Waals surface area contributed by atoms with Gasteiger partial charge in [0.1, 0.15) is 0 Å². The van der Waals surface area contributed by atoms with Gasteiger partial charge in [-0.2, -0.15) is 0 Å². The molecule has 1 nitrogen and oxygen atoms in total. The quantitative estimate of drug-likeness (QED) is 0.591. The average Bonchev–Trinajstić information content (AvgIpc) is 2.07. The van der Waals surface area contributed by atoms with E-state index < -0.39 is 0 Å². The molecule has 0 aliphatic carbocycles. The SMILES string of the molecule is CCC(C(=S)S)c1ccccn1. The summed E-state index contributed by atoms with van der Waals surface area (Å²) in [7, 11) is 0. The van der Waals surface area contributed by atoms with Gasteiger partial charge in [-0.25, -0.2) is 0 Å². The van der Waals surface area contributed by atoms with Crippen molar-refractivity contribution in [2.75, 3.05) is 0 Å². The minimum absolute atomic E-state index is 0.213. The van der Waals surface area contributed by atoms with Crippen molar-refractivity contribution in [3.8, 4) is 0 Å². The van der Waals surface area contributed by atoms with Crippen molar-refractivity contribution in [3.63, 3.8) is 0 Å². The molecule has 0 N–H and O–H groups in total. The van der Waals surface area contributed by atoms with Crippen molar-refractivity contribution >= 4 is 29.0 Å². The van der Waals surface area contributed by atoms with Crippen LogP contribution in [0.3, 0.4) is 0 Å². The maximum Gasteiger partial charge on any atom is 0.0538 e. The summed E-state index contributed by atoms with van der Waals surface area (Å²) in [4.78, 5) is 4.23. The highest BCUT2D eigenvalue weighted by atomic mass is 32.1. The monoisotopic (exact) mass is 197 g/mol. The standard InChI is InChI=1S/C9H11NS2/c1-2-7(9(11)12)8-5-3-4-6-10-8/h3-7H,2H2,1H3,(H,11,12). The number of hydrogen-bond acceptors (Lipinski definition) is 2. The lowest BCUT2D eigenvalue weighted by Crippen LogP contribution is -2.05. The van der Waals surface area contributed by atoms with E-state index in [-0.39, 0.29) is 5.92 Å². The van der Waals surface area contributed by atoms with E-state index in [0.29, 0.717) is 0 Å². The van der Waals surface area contributed by atoms with Crippen LogP contribution in [0.4, 0.5) is 0 Å². The molecule has 1 heterocycles. The molecule has 0 saturated heterocycles. The maximum atomic E-state index is 5.02. The van der Waals surface area contributed by atoms with Crippen molar-refractivity contribution in [1.29, 1.82) is 0 Å². The van der Waals surface area contributed by atoms with Gasteiger partial charge in [-0.3, -0.25) is 4.98 Å². The molecule has 0 bridgehead atoms. The van der Waals surface area contributed by atoms with Gasteiger partial charge in [-0.05, 0) is 18.6 Å². The highest BCUT2D eigenvalue weighted by Crippen LogP contribution is 2.20. The molecule has 1 aromatic heterocycles. The molecule has 0 aliphatic rings. The smallest absolute Gasteiger partial charge is 0.0538 e. The van der Waals surface area contributed by atoms with Gasteiger partial charge in [0.2, 0.25) is 0 Å². The van der Waals surface area contributed by atoms with E-state index in [2.05, 4.69) is 24.5 Å². The largest absolute Gasteiger partial charge is 0.261 e. The van der Waals surface area contributed by atoms with E-state index in [4.69, 9.17) is 12.2 Å². The van der Waals surface area contributed by atoms with Crippen LogP contribution in [0.15, 0.2) is 24.4 Å². The molecule has 3 heteroatoms. The van der Waals surface area contributed by atoms with Crippen LogP contribution in [0.25, 0.3) is 0 Å². The summed E-state index contributed by atoms with van der Waals surface area (Å²) in [5, 5.41) is 0. The van der Waals surface area contributed by atoms with Gasteiger partial charge in [0.05, 0.1) is 4.20 Å². The Bertz CT molecular complexity index is 258. The topological polar surface area (TPSA) is 12.9 Å². The Balaban J connectivity index is 2.88. The zero-order chi connectivity index (χ0) is 8.97. The fraction of sp³-hybridized carbons (Fsp3) is 0.333. The molecule has 1 rings (SSSR count). The number of pyridine rings is 1. The fourth-order valence-electron chi connectivity index (χ4n) is 1.09. The first kappa shape index (κ1) is 9.68. The summed E-state index contributed by atoms with van der Waals surface area (Å²) in [6, 6.07) is 5.85. The Morgan fingerprint density at radius 3 is 2.83 bits per heavy atom. The van der Waals surface area contributed by atoms with Gasteiger partial charge in [0.15, 0.2) is 0 Å². The van der Waals surface area contributed by atoms with Crippen LogP contribution >= 0.6 is 24.8 Å². The Labute approximate surface area is 83.6 Å². The number of aromatic nitrogens is 1. The molecular weight excluding hydrogens is 186 g/mol. The molecule has 1 unspecified atom stereocenters. The molecule has 1 aromatic rings. The van der Waals surface area contributed by atoms with E-state index in [1.807, 2.05) is 18.2 Å². The Morgan fingerprint density at radius 2 is 2.42 bits per heavy atom. The van der Waals surface area contributed by atoms with Crippen LogP contribution in [0, 0.1) is 0 Å². The lowest BCUT2D eigenvalue weighted by Gasteiger charge is -2.10. The predicted molar refractivity (Wildman–Crippen MR) is 58.9 cm³/mol. The molecule has 64 valence electrons. The van der Waals surface area contributed by atoms with Gasteiger partial charge in [0, 0.05) is 17.8 Å². The van der Waals surface area contributed by atoms with E-state index in [1.54, 1.807) is 6.20 Å². The minimum Gasteiger partial charge on any atom is -0.261 e. The third kappa shape index (κ3) is 2.29. The molecule has 0 aliphatic heterocycles. The van der Waals surface area contributed by atoms with Gasteiger partial charge in [0.25, 0.3) is 0 Å². The Kier molecular flexibility index (Phi) is 3.69. The van der Waals surface area contributed by atoms with Gasteiger partial charge in [-0.15, -0.1) is 12.6 Å². The molecule has 0 radical (unpaired) electrons. The van der Waals surface area contributed by atoms with Crippen LogP contribution in [-0.4, -0.2) is 9.18 Å². The van der Waals surface area contributed by atoms with Crippen molar-refractivity contribution in [3.05, 3.63) is 30.1 Å². The number of rotatable bonds is 3. The molecule has 0 amide bonds. The van der Waals surface area contributed by atoms with E-state index in [9.17, 15) is 0 Å². The third-order valence-corrected chi connectivity index (χ3v) is 2.35. The van der Waals surface area contributed by atoms with Crippen molar-refractivity contribution < 1.29 is 0 Å². The zero-order valence-corrected chi connectivity index (χ0v) is 8.61. The molecule has 0 spiro atoms. The number of nitrogens with zero attached hydrogens (tertiary/aromatic N) is 1. The second-order valence-corrected chi connectivity index (χ2v) is 3.78. The highest BCUT2D eigenvalue weighted by molar-refractivity contribution is 8.11. The maximum absolute atomic E-state index is 5.02. The number of thiol groups is 1. The van der Waals surface area contributed by atoms with Crippen molar-refractivity contribution in [2.24, 2.45) is 0 Å². The predicted octanol–water partition coefficient (Wildman–Crippen LogP) is 2.83. The van der Waals surface area contributed by atoms with E-state index >= 15 is 0 Å². The van der Waals surface area contributed by atoms with Crippen LogP contribution in [0.1, 0.15) is 25.0 Å². The van der Waals surface area contributed by atoms with E-state index in [1.165, 1.54) is 0 Å². The first-order valence-corrected chi connectivity index (χ1v) is 4.75. The van der Waals surface area contributed by atoms with Gasteiger partial charge in [-0.1, -0.05) is 25.2 Å². The first-order valence-electron chi connectivity index (χ1n) is 3.89. The van der Waals surface area contributed by atoms with Crippen molar-refractivity contribution in [1.82, 2.24) is 4.98 Å². The van der Waals surface area contributed by atoms with Gasteiger partial charge >= 0.3 is 0 Å². The zero-order valence-electron chi connectivity index (χ0n) is 6.90. The molecule has 12 heavy (non-hydrogen) atoms. The van der Waals surface area contributed by atoms with Crippen LogP contribution in [0.5, 0.6) is 0 Å². The molecule has 0 fully saturated rings. The second-order valence-electron chi connectivity index (χ2n) is 2.55. The minimum atomic E-state index is 0.213. The molecular formula is C9H11NS2. The van der Waals surface area contributed by atoms with E-state index in [0.717, 1.165) is 16.3 Å². The lowest BCUT2D eigenvalue weighted by atomic mass is 10.0. The summed E-state index contributed by atoms with van der Waals surface area (Å²) in [6.07, 6.45) is 2.74. The van der Waals surface area contributed by atoms with Crippen molar-refractivity contribution in [2.45, 2.75) is 19.3 Å². The molecule has 0 aromatic carbocycles. The summed E-state index contributed by atoms with van der Waals surface area (Å²) < 4.78 is 0.719. The first-order chi connectivity index (χ1) is 5.75. The molecule has 1 atom stereocenters. The summed E-state index contributed by atoms with van der Waals surface area (Å²) in [6.45, 7) is 2.09. The fourth-order valence-corrected chi connectivity index (χ4v) is 1.69. The average molecular weight is 197 g/mol. The van der Waals surface area contributed by atoms with Crippen LogP contribution < -0.4 is 0 Å². The Morgan fingerprint density at radius 1 is 1.67 bits per heavy atom. The molecule has 0 saturated carbocycles. The van der Waals surface area contributed by atoms with Crippen LogP contribution in [-0.2, 0) is 0 Å². The van der Waals surface area contributed by atoms with Crippen LogP contribution in [0.2, 0.25) is 0 Å².